The summed E-state index contributed by atoms with van der Waals surface area (Å²) in [7, 11) is 1.60. The number of benzene rings is 1. The van der Waals surface area contributed by atoms with Crippen LogP contribution >= 0.6 is 0 Å². The third kappa shape index (κ3) is 3.37. The van der Waals surface area contributed by atoms with Gasteiger partial charge in [0.25, 0.3) is 5.56 Å². The fourth-order valence-electron chi connectivity index (χ4n) is 4.84. The van der Waals surface area contributed by atoms with Crippen molar-refractivity contribution in [2.45, 2.75) is 70.0 Å². The average molecular weight is 355 g/mol. The number of rotatable bonds is 5. The molecule has 0 radical (unpaired) electrons. The van der Waals surface area contributed by atoms with E-state index in [1.165, 1.54) is 51.5 Å². The minimum absolute atomic E-state index is 0.00989. The van der Waals surface area contributed by atoms with Gasteiger partial charge in [-0.15, -0.1) is 0 Å². The Morgan fingerprint density at radius 1 is 1.15 bits per heavy atom. The summed E-state index contributed by atoms with van der Waals surface area (Å²) < 4.78 is 7.15. The first-order valence-electron chi connectivity index (χ1n) is 10.1. The number of aryl methyl sites for hydroxylation is 1. The molecule has 2 aromatic rings. The zero-order valence-corrected chi connectivity index (χ0v) is 15.7. The van der Waals surface area contributed by atoms with Gasteiger partial charge in [-0.05, 0) is 50.8 Å². The number of hydrogen-bond acceptors (Lipinski definition) is 4. The highest BCUT2D eigenvalue weighted by Gasteiger charge is 2.30. The molecule has 4 rings (SSSR count). The maximum Gasteiger partial charge on any atom is 0.264 e. The van der Waals surface area contributed by atoms with Crippen molar-refractivity contribution in [3.8, 4) is 5.75 Å². The lowest BCUT2D eigenvalue weighted by molar-refractivity contribution is 0.0880. The van der Waals surface area contributed by atoms with Crippen LogP contribution in [0.4, 0.5) is 0 Å². The Hall–Kier alpha value is -1.88. The van der Waals surface area contributed by atoms with Crippen molar-refractivity contribution in [3.63, 3.8) is 0 Å². The van der Waals surface area contributed by atoms with E-state index in [2.05, 4.69) is 9.88 Å². The number of methoxy groups -OCH3 is 1. The Morgan fingerprint density at radius 3 is 2.77 bits per heavy atom. The van der Waals surface area contributed by atoms with Gasteiger partial charge in [0.1, 0.15) is 11.1 Å². The normalized spacial score (nSPS) is 22.1. The molecule has 1 aliphatic heterocycles. The number of likely N-dealkylation sites (tertiary alicyclic amines) is 1. The largest absolute Gasteiger partial charge is 0.496 e. The summed E-state index contributed by atoms with van der Waals surface area (Å²) in [5, 5.41) is 0.591. The zero-order chi connectivity index (χ0) is 17.9. The van der Waals surface area contributed by atoms with Crippen LogP contribution in [0, 0.1) is 0 Å². The summed E-state index contributed by atoms with van der Waals surface area (Å²) in [6.07, 6.45) is 12.1. The summed E-state index contributed by atoms with van der Waals surface area (Å²) in [5.74, 6) is 0.611. The molecule has 0 spiro atoms. The van der Waals surface area contributed by atoms with Crippen LogP contribution in [-0.2, 0) is 6.54 Å². The van der Waals surface area contributed by atoms with Crippen LogP contribution in [0.3, 0.4) is 0 Å². The molecule has 26 heavy (non-hydrogen) atoms. The minimum Gasteiger partial charge on any atom is -0.496 e. The lowest BCUT2D eigenvalue weighted by Crippen LogP contribution is -2.45. The summed E-state index contributed by atoms with van der Waals surface area (Å²) in [6.45, 7) is 1.96. The molecule has 1 aromatic heterocycles. The molecule has 1 aromatic carbocycles. The van der Waals surface area contributed by atoms with Gasteiger partial charge in [0, 0.05) is 18.6 Å². The van der Waals surface area contributed by atoms with Gasteiger partial charge < -0.3 is 4.74 Å². The molecular weight excluding hydrogens is 326 g/mol. The van der Waals surface area contributed by atoms with Gasteiger partial charge in [-0.25, -0.2) is 4.98 Å². The molecule has 1 unspecified atom stereocenters. The SMILES string of the molecule is COc1cccc2ncn(CCC3CCCCN3C3CCCC3)c(=O)c12. The van der Waals surface area contributed by atoms with Gasteiger partial charge in [-0.1, -0.05) is 25.3 Å². The first-order chi connectivity index (χ1) is 12.8. The van der Waals surface area contributed by atoms with Crippen molar-refractivity contribution in [2.24, 2.45) is 0 Å². The number of ether oxygens (including phenoxy) is 1. The van der Waals surface area contributed by atoms with Crippen LogP contribution < -0.4 is 10.3 Å². The Morgan fingerprint density at radius 2 is 1.96 bits per heavy atom. The van der Waals surface area contributed by atoms with Crippen molar-refractivity contribution < 1.29 is 4.74 Å². The van der Waals surface area contributed by atoms with E-state index in [1.807, 2.05) is 18.2 Å². The number of hydrogen-bond donors (Lipinski definition) is 0. The molecule has 5 heteroatoms. The van der Waals surface area contributed by atoms with E-state index in [-0.39, 0.29) is 5.56 Å². The Balaban J connectivity index is 1.53. The third-order valence-corrected chi connectivity index (χ3v) is 6.20. The number of fused-ring (bicyclic) bond motifs is 1. The maximum atomic E-state index is 12.9. The minimum atomic E-state index is 0.00989. The fraction of sp³-hybridized carbons (Fsp3) is 0.619. The second-order valence-electron chi connectivity index (χ2n) is 7.71. The van der Waals surface area contributed by atoms with Crippen LogP contribution in [-0.4, -0.2) is 40.2 Å². The van der Waals surface area contributed by atoms with Crippen molar-refractivity contribution in [1.82, 2.24) is 14.5 Å². The van der Waals surface area contributed by atoms with Crippen LogP contribution in [0.5, 0.6) is 5.75 Å². The van der Waals surface area contributed by atoms with E-state index < -0.39 is 0 Å². The second kappa shape index (κ2) is 7.78. The number of nitrogens with zero attached hydrogens (tertiary/aromatic N) is 3. The highest BCUT2D eigenvalue weighted by atomic mass is 16.5. The summed E-state index contributed by atoms with van der Waals surface area (Å²) in [6, 6.07) is 6.95. The quantitative estimate of drug-likeness (QED) is 0.822. The lowest BCUT2D eigenvalue weighted by atomic mass is 9.96. The van der Waals surface area contributed by atoms with E-state index in [0.717, 1.165) is 19.0 Å². The maximum absolute atomic E-state index is 12.9. The predicted molar refractivity (Wildman–Crippen MR) is 104 cm³/mol. The lowest BCUT2D eigenvalue weighted by Gasteiger charge is -2.40. The van der Waals surface area contributed by atoms with Crippen LogP contribution in [0.15, 0.2) is 29.3 Å². The second-order valence-corrected chi connectivity index (χ2v) is 7.71. The molecule has 0 bridgehead atoms. The summed E-state index contributed by atoms with van der Waals surface area (Å²) >= 11 is 0. The third-order valence-electron chi connectivity index (χ3n) is 6.20. The van der Waals surface area contributed by atoms with Gasteiger partial charge in [-0.3, -0.25) is 14.3 Å². The van der Waals surface area contributed by atoms with Gasteiger partial charge in [0.2, 0.25) is 0 Å². The van der Waals surface area contributed by atoms with Crippen molar-refractivity contribution in [1.29, 1.82) is 0 Å². The predicted octanol–water partition coefficient (Wildman–Crippen LogP) is 3.59. The smallest absolute Gasteiger partial charge is 0.264 e. The molecule has 2 heterocycles. The molecule has 0 amide bonds. The van der Waals surface area contributed by atoms with E-state index in [1.54, 1.807) is 18.0 Å². The molecule has 2 aliphatic rings. The summed E-state index contributed by atoms with van der Waals surface area (Å²) in [5.41, 5.74) is 0.714. The molecule has 1 saturated heterocycles. The Bertz CT molecular complexity index is 810. The highest BCUT2D eigenvalue weighted by molar-refractivity contribution is 5.83. The van der Waals surface area contributed by atoms with E-state index in [9.17, 15) is 4.79 Å². The van der Waals surface area contributed by atoms with E-state index in [4.69, 9.17) is 4.74 Å². The zero-order valence-electron chi connectivity index (χ0n) is 15.7. The summed E-state index contributed by atoms with van der Waals surface area (Å²) in [4.78, 5) is 20.2. The molecule has 1 atom stereocenters. The van der Waals surface area contributed by atoms with Crippen molar-refractivity contribution in [2.75, 3.05) is 13.7 Å². The van der Waals surface area contributed by atoms with Gasteiger partial charge >= 0.3 is 0 Å². The van der Waals surface area contributed by atoms with Crippen LogP contribution in [0.25, 0.3) is 10.9 Å². The molecule has 2 fully saturated rings. The molecule has 5 nitrogen and oxygen atoms in total. The molecule has 140 valence electrons. The average Bonchev–Trinajstić information content (AvgIpc) is 3.22. The van der Waals surface area contributed by atoms with Crippen molar-refractivity contribution >= 4 is 10.9 Å². The van der Waals surface area contributed by atoms with Gasteiger partial charge in [-0.2, -0.15) is 0 Å². The first kappa shape index (κ1) is 17.5. The van der Waals surface area contributed by atoms with E-state index >= 15 is 0 Å². The molecular formula is C21H29N3O2. The topological polar surface area (TPSA) is 47.4 Å². The van der Waals surface area contributed by atoms with Gasteiger partial charge in [0.05, 0.1) is 19.0 Å². The number of piperidine rings is 1. The van der Waals surface area contributed by atoms with Gasteiger partial charge in [0.15, 0.2) is 0 Å². The Labute approximate surface area is 155 Å². The first-order valence-corrected chi connectivity index (χ1v) is 10.1. The monoisotopic (exact) mass is 355 g/mol. The van der Waals surface area contributed by atoms with Crippen LogP contribution in [0.2, 0.25) is 0 Å². The Kier molecular flexibility index (Phi) is 5.25. The molecule has 1 aliphatic carbocycles. The standard InChI is InChI=1S/C21H29N3O2/c1-26-19-11-6-10-18-20(19)21(25)23(15-22-18)14-12-17-9-4-5-13-24(17)16-7-2-3-8-16/h6,10-11,15-17H,2-5,7-9,12-14H2,1H3. The number of aromatic nitrogens is 2. The highest BCUT2D eigenvalue weighted by Crippen LogP contribution is 2.30. The molecule has 0 N–H and O–H groups in total. The van der Waals surface area contributed by atoms with E-state index in [0.29, 0.717) is 22.7 Å². The molecule has 1 saturated carbocycles. The van der Waals surface area contributed by atoms with Crippen molar-refractivity contribution in [3.05, 3.63) is 34.9 Å². The fourth-order valence-corrected chi connectivity index (χ4v) is 4.84. The van der Waals surface area contributed by atoms with Crippen LogP contribution in [0.1, 0.15) is 51.4 Å².